The number of rotatable bonds is 1. The van der Waals surface area contributed by atoms with Crippen molar-refractivity contribution in [2.45, 2.75) is 31.2 Å². The first-order valence-electron chi connectivity index (χ1n) is 11.0. The summed E-state index contributed by atoms with van der Waals surface area (Å²) in [6, 6.07) is 12.5. The van der Waals surface area contributed by atoms with E-state index in [9.17, 15) is 9.59 Å². The second-order valence-electron chi connectivity index (χ2n) is 8.57. The van der Waals surface area contributed by atoms with Crippen molar-refractivity contribution in [1.29, 1.82) is 0 Å². The van der Waals surface area contributed by atoms with E-state index in [2.05, 4.69) is 16.8 Å². The van der Waals surface area contributed by atoms with E-state index in [1.807, 2.05) is 24.3 Å². The van der Waals surface area contributed by atoms with Gasteiger partial charge in [-0.1, -0.05) is 36.1 Å². The van der Waals surface area contributed by atoms with Crippen molar-refractivity contribution < 1.29 is 18.4 Å². The highest BCUT2D eigenvalue weighted by Gasteiger charge is 2.51. The first kappa shape index (κ1) is 21.8. The van der Waals surface area contributed by atoms with Crippen molar-refractivity contribution >= 4 is 17.6 Å². The van der Waals surface area contributed by atoms with Gasteiger partial charge in [0.1, 0.15) is 5.69 Å². The molecule has 0 N–H and O–H groups in total. The largest absolute Gasteiger partial charge is 0.332 e. The van der Waals surface area contributed by atoms with Crippen LogP contribution in [0.1, 0.15) is 41.5 Å². The standard InChI is InChI=1S/C27H21F2N3O2/c1-31-26(34)32(24(33)16-27(31)12-4-8-20-7-2-3-9-21(20)27)25-22(28)14-19(15-23(25)29)11-10-18-6-5-13-30-17-18/h2-3,5-7,9,13-15,17H,4,8,12,16H2,1H3/t27-/m0/s1. The van der Waals surface area contributed by atoms with Gasteiger partial charge in [-0.05, 0) is 54.7 Å². The van der Waals surface area contributed by atoms with Gasteiger partial charge in [0.05, 0.1) is 12.0 Å². The van der Waals surface area contributed by atoms with Crippen LogP contribution in [0, 0.1) is 23.5 Å². The maximum atomic E-state index is 15.1. The number of urea groups is 1. The van der Waals surface area contributed by atoms with Crippen LogP contribution >= 0.6 is 0 Å². The van der Waals surface area contributed by atoms with Gasteiger partial charge in [-0.2, -0.15) is 0 Å². The maximum absolute atomic E-state index is 15.1. The number of pyridine rings is 1. The van der Waals surface area contributed by atoms with Gasteiger partial charge in [0.2, 0.25) is 5.91 Å². The number of hydrogen-bond acceptors (Lipinski definition) is 3. The molecule has 170 valence electrons. The first-order valence-corrected chi connectivity index (χ1v) is 11.0. The molecule has 5 nitrogen and oxygen atoms in total. The molecule has 1 fully saturated rings. The minimum absolute atomic E-state index is 0.0479. The third-order valence-corrected chi connectivity index (χ3v) is 6.62. The zero-order valence-corrected chi connectivity index (χ0v) is 18.5. The van der Waals surface area contributed by atoms with Crippen molar-refractivity contribution in [3.63, 3.8) is 0 Å². The molecule has 3 aromatic rings. The minimum Gasteiger partial charge on any atom is -0.317 e. The van der Waals surface area contributed by atoms with Crippen LogP contribution in [0.2, 0.25) is 0 Å². The number of benzene rings is 2. The number of carbonyl (C=O) groups excluding carboxylic acids is 2. The Morgan fingerprint density at radius 2 is 1.74 bits per heavy atom. The first-order chi connectivity index (χ1) is 16.4. The summed E-state index contributed by atoms with van der Waals surface area (Å²) < 4.78 is 30.2. The second-order valence-corrected chi connectivity index (χ2v) is 8.57. The SMILES string of the molecule is CN1C(=O)N(c2c(F)cc(C#Cc3cccnc3)cc2F)C(=O)C[C@]12CCCc1ccccc12. The Morgan fingerprint density at radius 1 is 1.00 bits per heavy atom. The third kappa shape index (κ3) is 3.52. The highest BCUT2D eigenvalue weighted by atomic mass is 19.1. The van der Waals surface area contributed by atoms with Crippen LogP contribution in [0.5, 0.6) is 0 Å². The van der Waals surface area contributed by atoms with E-state index in [4.69, 9.17) is 0 Å². The number of halogens is 2. The van der Waals surface area contributed by atoms with Crippen molar-refractivity contribution in [3.8, 4) is 11.8 Å². The van der Waals surface area contributed by atoms with Gasteiger partial charge in [-0.15, -0.1) is 0 Å². The molecular weight excluding hydrogens is 436 g/mol. The zero-order valence-electron chi connectivity index (χ0n) is 18.5. The summed E-state index contributed by atoms with van der Waals surface area (Å²) in [6.45, 7) is 0. The molecule has 1 atom stereocenters. The second kappa shape index (κ2) is 8.38. The molecular formula is C27H21F2N3O2. The molecule has 0 bridgehead atoms. The predicted molar refractivity (Wildman–Crippen MR) is 123 cm³/mol. The normalized spacial score (nSPS) is 19.6. The lowest BCUT2D eigenvalue weighted by molar-refractivity contribution is -0.122. The van der Waals surface area contributed by atoms with E-state index in [0.29, 0.717) is 16.9 Å². The number of imide groups is 1. The number of aromatic nitrogens is 1. The lowest BCUT2D eigenvalue weighted by atomic mass is 9.72. The topological polar surface area (TPSA) is 53.5 Å². The predicted octanol–water partition coefficient (Wildman–Crippen LogP) is 4.78. The molecule has 3 amide bonds. The molecule has 7 heteroatoms. The zero-order chi connectivity index (χ0) is 23.9. The van der Waals surface area contributed by atoms with Gasteiger partial charge >= 0.3 is 6.03 Å². The van der Waals surface area contributed by atoms with Crippen LogP contribution in [0.25, 0.3) is 0 Å². The lowest BCUT2D eigenvalue weighted by Crippen LogP contribution is -2.62. The summed E-state index contributed by atoms with van der Waals surface area (Å²) in [5.41, 5.74) is 1.20. The Bertz CT molecular complexity index is 1340. The summed E-state index contributed by atoms with van der Waals surface area (Å²) in [7, 11) is 1.59. The van der Waals surface area contributed by atoms with Crippen molar-refractivity contribution in [2.24, 2.45) is 0 Å². The monoisotopic (exact) mass is 457 g/mol. The number of hydrogen-bond donors (Lipinski definition) is 0. The molecule has 2 aromatic carbocycles. The molecule has 1 aliphatic heterocycles. The van der Waals surface area contributed by atoms with Crippen molar-refractivity contribution in [2.75, 3.05) is 11.9 Å². The number of carbonyl (C=O) groups is 2. The summed E-state index contributed by atoms with van der Waals surface area (Å²) in [5.74, 6) is 2.80. The van der Waals surface area contributed by atoms with E-state index in [-0.39, 0.29) is 12.0 Å². The molecule has 0 radical (unpaired) electrons. The summed E-state index contributed by atoms with van der Waals surface area (Å²) >= 11 is 0. The van der Waals surface area contributed by atoms with Crippen LogP contribution in [-0.2, 0) is 16.8 Å². The molecule has 1 aliphatic carbocycles. The number of amides is 3. The maximum Gasteiger partial charge on any atom is 0.332 e. The van der Waals surface area contributed by atoms with E-state index >= 15 is 8.78 Å². The molecule has 34 heavy (non-hydrogen) atoms. The molecule has 2 aliphatic rings. The van der Waals surface area contributed by atoms with Crippen LogP contribution in [0.4, 0.5) is 19.3 Å². The van der Waals surface area contributed by atoms with Crippen LogP contribution in [0.15, 0.2) is 60.9 Å². The Kier molecular flexibility index (Phi) is 5.37. The van der Waals surface area contributed by atoms with Gasteiger partial charge in [-0.3, -0.25) is 9.78 Å². The van der Waals surface area contributed by atoms with Gasteiger partial charge in [0, 0.05) is 30.6 Å². The number of anilines is 1. The van der Waals surface area contributed by atoms with E-state index < -0.39 is 34.8 Å². The van der Waals surface area contributed by atoms with E-state index in [1.165, 1.54) is 11.1 Å². The van der Waals surface area contributed by atoms with Crippen molar-refractivity contribution in [1.82, 2.24) is 9.88 Å². The van der Waals surface area contributed by atoms with Crippen molar-refractivity contribution in [3.05, 3.63) is 94.8 Å². The van der Waals surface area contributed by atoms with E-state index in [0.717, 1.165) is 36.1 Å². The third-order valence-electron chi connectivity index (χ3n) is 6.62. The average molecular weight is 457 g/mol. The highest BCUT2D eigenvalue weighted by molar-refractivity contribution is 6.16. The fourth-order valence-corrected chi connectivity index (χ4v) is 4.97. The van der Waals surface area contributed by atoms with Gasteiger partial charge < -0.3 is 4.90 Å². The Morgan fingerprint density at radius 3 is 2.47 bits per heavy atom. The van der Waals surface area contributed by atoms with Gasteiger partial charge in [0.25, 0.3) is 0 Å². The smallest absolute Gasteiger partial charge is 0.317 e. The summed E-state index contributed by atoms with van der Waals surface area (Å²) in [6.07, 6.45) is 5.37. The van der Waals surface area contributed by atoms with Gasteiger partial charge in [0.15, 0.2) is 11.6 Å². The molecule has 1 saturated heterocycles. The molecule has 1 aromatic heterocycles. The fraction of sp³-hybridized carbons (Fsp3) is 0.222. The van der Waals surface area contributed by atoms with E-state index in [1.54, 1.807) is 25.4 Å². The number of nitrogens with zero attached hydrogens (tertiary/aromatic N) is 3. The fourth-order valence-electron chi connectivity index (χ4n) is 4.97. The lowest BCUT2D eigenvalue weighted by Gasteiger charge is -2.50. The molecule has 0 unspecified atom stereocenters. The summed E-state index contributed by atoms with van der Waals surface area (Å²) in [4.78, 5) is 32.6. The highest BCUT2D eigenvalue weighted by Crippen LogP contribution is 2.46. The average Bonchev–Trinajstić information content (AvgIpc) is 2.84. The number of aryl methyl sites for hydroxylation is 1. The quantitative estimate of drug-likeness (QED) is 0.494. The Hall–Kier alpha value is -4.05. The Balaban J connectivity index is 1.50. The van der Waals surface area contributed by atoms with Crippen LogP contribution < -0.4 is 4.90 Å². The molecule has 2 heterocycles. The Labute approximate surface area is 196 Å². The number of fused-ring (bicyclic) bond motifs is 2. The molecule has 5 rings (SSSR count). The molecule has 0 saturated carbocycles. The van der Waals surface area contributed by atoms with Crippen LogP contribution in [-0.4, -0.2) is 28.9 Å². The summed E-state index contributed by atoms with van der Waals surface area (Å²) in [5, 5.41) is 0. The molecule has 1 spiro atoms. The van der Waals surface area contributed by atoms with Crippen LogP contribution in [0.3, 0.4) is 0 Å². The minimum atomic E-state index is -1.02. The van der Waals surface area contributed by atoms with Gasteiger partial charge in [-0.25, -0.2) is 18.5 Å².